The first-order valence-electron chi connectivity index (χ1n) is 4.36. The Morgan fingerprint density at radius 3 is 2.00 bits per heavy atom. The van der Waals surface area contributed by atoms with E-state index in [4.69, 9.17) is 20.4 Å². The molecule has 0 radical (unpaired) electrons. The topological polar surface area (TPSA) is 110 Å². The highest BCUT2D eigenvalue weighted by atomic mass is 16.5. The van der Waals surface area contributed by atoms with Crippen molar-refractivity contribution in [2.45, 2.75) is 32.1 Å². The van der Waals surface area contributed by atoms with Crippen LogP contribution in [0.4, 0.5) is 0 Å². The van der Waals surface area contributed by atoms with Crippen molar-refractivity contribution in [3.63, 3.8) is 0 Å². The Labute approximate surface area is 83.2 Å². The largest absolute Gasteiger partial charge is 0.481 e. The van der Waals surface area contributed by atoms with Crippen LogP contribution in [0.1, 0.15) is 26.2 Å². The van der Waals surface area contributed by atoms with Crippen LogP contribution in [-0.4, -0.2) is 46.0 Å². The van der Waals surface area contributed by atoms with Crippen molar-refractivity contribution in [1.82, 2.24) is 5.32 Å². The highest BCUT2D eigenvalue weighted by molar-refractivity contribution is 5.66. The monoisotopic (exact) mass is 209 g/mol. The van der Waals surface area contributed by atoms with Crippen LogP contribution >= 0.6 is 0 Å². The van der Waals surface area contributed by atoms with Gasteiger partial charge >= 0.3 is 5.97 Å². The summed E-state index contributed by atoms with van der Waals surface area (Å²) in [5, 5.41) is 35.4. The normalized spacial score (nSPS) is 10.4. The fourth-order valence-electron chi connectivity index (χ4n) is 0.407. The molecule has 0 aliphatic heterocycles. The van der Waals surface area contributed by atoms with Crippen LogP contribution in [0.3, 0.4) is 0 Å². The minimum atomic E-state index is -1.67. The first kappa shape index (κ1) is 15.8. The molecule has 0 rings (SSSR count). The molecule has 0 aliphatic carbocycles. The third-order valence-electron chi connectivity index (χ3n) is 1.44. The van der Waals surface area contributed by atoms with Crippen LogP contribution in [0, 0.1) is 0 Å². The zero-order chi connectivity index (χ0) is 11.6. The molecular formula is C8H19NO5. The molecule has 14 heavy (non-hydrogen) atoms. The molecule has 0 amide bonds. The zero-order valence-electron chi connectivity index (χ0n) is 8.53. The number of rotatable bonds is 5. The molecule has 0 aromatic rings. The van der Waals surface area contributed by atoms with Crippen LogP contribution in [0.5, 0.6) is 0 Å². The number of nitrogens with one attached hydrogen (secondary N) is 1. The molecule has 0 bridgehead atoms. The predicted molar refractivity (Wildman–Crippen MR) is 50.5 cm³/mol. The smallest absolute Gasteiger partial charge is 0.303 e. The van der Waals surface area contributed by atoms with Gasteiger partial charge in [0.1, 0.15) is 0 Å². The molecule has 0 fully saturated rings. The maximum atomic E-state index is 9.65. The van der Waals surface area contributed by atoms with E-state index in [0.717, 1.165) is 0 Å². The molecule has 0 saturated carbocycles. The van der Waals surface area contributed by atoms with Gasteiger partial charge in [-0.1, -0.05) is 6.92 Å². The van der Waals surface area contributed by atoms with Gasteiger partial charge in [-0.15, -0.1) is 0 Å². The average molecular weight is 209 g/mol. The highest BCUT2D eigenvalue weighted by Gasteiger charge is 2.14. The molecule has 0 aliphatic rings. The van der Waals surface area contributed by atoms with Crippen molar-refractivity contribution in [3.8, 4) is 0 Å². The summed E-state index contributed by atoms with van der Waals surface area (Å²) in [6.45, 7) is 1.64. The second kappa shape index (κ2) is 8.89. The Kier molecular flexibility index (Phi) is 10.0. The van der Waals surface area contributed by atoms with Crippen molar-refractivity contribution in [2.24, 2.45) is 0 Å². The second-order valence-electron chi connectivity index (χ2n) is 2.64. The highest BCUT2D eigenvalue weighted by Crippen LogP contribution is 1.95. The van der Waals surface area contributed by atoms with E-state index >= 15 is 0 Å². The minimum absolute atomic E-state index is 0.0354. The van der Waals surface area contributed by atoms with Gasteiger partial charge in [-0.05, 0) is 13.5 Å². The van der Waals surface area contributed by atoms with Gasteiger partial charge in [0.2, 0.25) is 5.91 Å². The Balaban J connectivity index is 0. The number of aliphatic hydroxyl groups is 3. The maximum absolute atomic E-state index is 9.65. The second-order valence-corrected chi connectivity index (χ2v) is 2.64. The third-order valence-corrected chi connectivity index (χ3v) is 1.44. The fourth-order valence-corrected chi connectivity index (χ4v) is 0.407. The number of aliphatic hydroxyl groups excluding tert-OH is 1. The molecule has 6 nitrogen and oxygen atoms in total. The molecule has 0 spiro atoms. The van der Waals surface area contributed by atoms with Crippen molar-refractivity contribution in [1.29, 1.82) is 0 Å². The number of hydrogen-bond acceptors (Lipinski definition) is 5. The maximum Gasteiger partial charge on any atom is 0.303 e. The lowest BCUT2D eigenvalue weighted by Gasteiger charge is -2.16. The lowest BCUT2D eigenvalue weighted by molar-refractivity contribution is -0.182. The van der Waals surface area contributed by atoms with E-state index in [1.54, 1.807) is 6.92 Å². The summed E-state index contributed by atoms with van der Waals surface area (Å²) in [5.41, 5.74) is 0. The van der Waals surface area contributed by atoms with Gasteiger partial charge in [-0.25, -0.2) is 0 Å². The molecule has 0 unspecified atom stereocenters. The number of carbonyl (C=O) groups is 1. The summed E-state index contributed by atoms with van der Waals surface area (Å²) in [7, 11) is 1.49. The molecule has 6 heteroatoms. The van der Waals surface area contributed by atoms with Gasteiger partial charge in [-0.3, -0.25) is 10.1 Å². The van der Waals surface area contributed by atoms with Crippen molar-refractivity contribution < 1.29 is 25.2 Å². The number of carboxylic acid groups (broad SMARTS) is 1. The van der Waals surface area contributed by atoms with Gasteiger partial charge in [0.05, 0.1) is 0 Å². The molecule has 5 N–H and O–H groups in total. The molecule has 0 heterocycles. The lowest BCUT2D eigenvalue weighted by Crippen LogP contribution is -2.41. The van der Waals surface area contributed by atoms with E-state index < -0.39 is 11.9 Å². The van der Waals surface area contributed by atoms with Crippen molar-refractivity contribution in [2.75, 3.05) is 13.7 Å². The fraction of sp³-hybridized carbons (Fsp3) is 0.875. The Morgan fingerprint density at radius 2 is 1.93 bits per heavy atom. The summed E-state index contributed by atoms with van der Waals surface area (Å²) in [5.74, 6) is -2.52. The summed E-state index contributed by atoms with van der Waals surface area (Å²) in [6, 6.07) is 0. The van der Waals surface area contributed by atoms with Crippen molar-refractivity contribution >= 4 is 5.97 Å². The Hall–Kier alpha value is -0.690. The summed E-state index contributed by atoms with van der Waals surface area (Å²) >= 11 is 0. The van der Waals surface area contributed by atoms with Gasteiger partial charge in [0.15, 0.2) is 0 Å². The average Bonchev–Trinajstić information content (AvgIpc) is 2.15. The van der Waals surface area contributed by atoms with E-state index in [-0.39, 0.29) is 13.0 Å². The molecule has 0 saturated heterocycles. The summed E-state index contributed by atoms with van der Waals surface area (Å²) < 4.78 is 0. The molecule has 86 valence electrons. The number of hydrogen-bond donors (Lipinski definition) is 5. The van der Waals surface area contributed by atoms with Gasteiger partial charge in [-0.2, -0.15) is 0 Å². The first-order chi connectivity index (χ1) is 6.39. The molecular weight excluding hydrogens is 190 g/mol. The van der Waals surface area contributed by atoms with Crippen LogP contribution < -0.4 is 5.32 Å². The standard InChI is InChI=1S/C4H11NO2.C4H8O3/c1-3-4(6,7)5-2;5-3-1-2-4(6)7/h5-7H,3H2,1-2H3;5H,1-3H2,(H,6,7). The molecule has 0 atom stereocenters. The van der Waals surface area contributed by atoms with E-state index in [9.17, 15) is 4.79 Å². The van der Waals surface area contributed by atoms with Crippen LogP contribution in [0.2, 0.25) is 0 Å². The summed E-state index contributed by atoms with van der Waals surface area (Å²) in [4.78, 5) is 9.65. The lowest BCUT2D eigenvalue weighted by atomic mass is 10.3. The Morgan fingerprint density at radius 1 is 1.43 bits per heavy atom. The van der Waals surface area contributed by atoms with Crippen LogP contribution in [-0.2, 0) is 4.79 Å². The summed E-state index contributed by atoms with van der Waals surface area (Å²) in [6.07, 6.45) is 0.718. The molecule has 0 aromatic carbocycles. The predicted octanol–water partition coefficient (Wildman–Crippen LogP) is -0.902. The number of aliphatic carboxylic acids is 1. The van der Waals surface area contributed by atoms with E-state index in [2.05, 4.69) is 5.32 Å². The Bertz CT molecular complexity index is 143. The first-order valence-corrected chi connectivity index (χ1v) is 4.36. The van der Waals surface area contributed by atoms with Gasteiger partial charge < -0.3 is 20.4 Å². The van der Waals surface area contributed by atoms with E-state index in [1.165, 1.54) is 7.05 Å². The third kappa shape index (κ3) is 13.9. The van der Waals surface area contributed by atoms with E-state index in [0.29, 0.717) is 12.8 Å². The minimum Gasteiger partial charge on any atom is -0.481 e. The van der Waals surface area contributed by atoms with Crippen LogP contribution in [0.25, 0.3) is 0 Å². The van der Waals surface area contributed by atoms with E-state index in [1.807, 2.05) is 0 Å². The quantitative estimate of drug-likeness (QED) is 0.375. The van der Waals surface area contributed by atoms with Gasteiger partial charge in [0.25, 0.3) is 0 Å². The zero-order valence-corrected chi connectivity index (χ0v) is 8.53. The SMILES string of the molecule is CCC(O)(O)NC.O=C(O)CCCO. The number of carboxylic acids is 1. The van der Waals surface area contributed by atoms with Crippen LogP contribution in [0.15, 0.2) is 0 Å². The molecule has 0 aromatic heterocycles. The van der Waals surface area contributed by atoms with Gasteiger partial charge in [0, 0.05) is 19.4 Å². The van der Waals surface area contributed by atoms with Crippen molar-refractivity contribution in [3.05, 3.63) is 0 Å².